The van der Waals surface area contributed by atoms with Crippen LogP contribution in [0.25, 0.3) is 12.2 Å². The van der Waals surface area contributed by atoms with Crippen LogP contribution in [-0.4, -0.2) is 198 Å². The summed E-state index contributed by atoms with van der Waals surface area (Å²) in [5.74, 6) is 3.41. The van der Waals surface area contributed by atoms with E-state index in [0.717, 1.165) is 17.7 Å². The fourth-order valence-electron chi connectivity index (χ4n) is 8.20. The molecule has 5 atom stereocenters. The van der Waals surface area contributed by atoms with Gasteiger partial charge in [0.05, 0.1) is 104 Å². The molecule has 0 spiro atoms. The van der Waals surface area contributed by atoms with Crippen molar-refractivity contribution in [2.75, 3.05) is 100 Å². The number of ketones is 1. The van der Waals surface area contributed by atoms with Crippen molar-refractivity contribution in [2.24, 2.45) is 15.9 Å². The molecule has 476 valence electrons. The Balaban J connectivity index is 0.921. The van der Waals surface area contributed by atoms with Gasteiger partial charge >= 0.3 is 10.4 Å². The van der Waals surface area contributed by atoms with Crippen LogP contribution in [0, 0.1) is 6.92 Å². The first kappa shape index (κ1) is 68.9. The number of carbonyl (C=O) groups is 3. The summed E-state index contributed by atoms with van der Waals surface area (Å²) >= 11 is 0. The maximum absolute atomic E-state index is 13.7. The number of amides is 2. The highest BCUT2D eigenvalue weighted by Crippen LogP contribution is 2.40. The van der Waals surface area contributed by atoms with Crippen molar-refractivity contribution in [3.05, 3.63) is 130 Å². The molecule has 88 heavy (non-hydrogen) atoms. The van der Waals surface area contributed by atoms with Gasteiger partial charge in [-0.15, -0.1) is 8.42 Å². The number of aryl methyl sites for hydroxylation is 1. The first-order valence-electron chi connectivity index (χ1n) is 27.1. The van der Waals surface area contributed by atoms with Gasteiger partial charge in [0, 0.05) is 35.9 Å². The number of nitrogens with one attached hydrogen (secondary N) is 2. The van der Waals surface area contributed by atoms with E-state index in [4.69, 9.17) is 56.8 Å². The molecular weight excluding hydrogens is 1190 g/mol. The molecule has 5 aromatic rings. The van der Waals surface area contributed by atoms with Crippen LogP contribution >= 0.6 is 0 Å². The molecule has 1 aliphatic rings. The lowest BCUT2D eigenvalue weighted by atomic mass is 9.99. The highest BCUT2D eigenvalue weighted by Gasteiger charge is 2.45. The Morgan fingerprint density at radius 1 is 0.625 bits per heavy atom. The molecule has 8 N–H and O–H groups in total. The Bertz CT molecular complexity index is 3430. The van der Waals surface area contributed by atoms with Crippen molar-refractivity contribution in [3.63, 3.8) is 0 Å². The zero-order chi connectivity index (χ0) is 63.8. The average Bonchev–Trinajstić information content (AvgIpc) is 3.05. The number of ether oxygens (including phenoxy) is 9. The molecule has 1 aliphatic heterocycles. The number of hydrogen-bond acceptors (Lipinski definition) is 25. The first-order chi connectivity index (χ1) is 42.2. The first-order valence-corrected chi connectivity index (χ1v) is 30.1. The summed E-state index contributed by atoms with van der Waals surface area (Å²) in [6.07, 6.45) is -4.12. The monoisotopic (exact) mass is 1270 g/mol. The molecule has 0 bridgehead atoms. The van der Waals surface area contributed by atoms with E-state index in [0.29, 0.717) is 28.4 Å². The summed E-state index contributed by atoms with van der Waals surface area (Å²) in [6, 6.07) is 23.4. The summed E-state index contributed by atoms with van der Waals surface area (Å²) in [5, 5.41) is 50.1. The highest BCUT2D eigenvalue weighted by atomic mass is 32.3. The Kier molecular flexibility index (Phi) is 26.4. The van der Waals surface area contributed by atoms with E-state index in [1.807, 2.05) is 6.92 Å². The van der Waals surface area contributed by atoms with E-state index in [2.05, 4.69) is 20.7 Å². The fourth-order valence-corrected chi connectivity index (χ4v) is 10.2. The van der Waals surface area contributed by atoms with E-state index in [9.17, 15) is 51.6 Å². The van der Waals surface area contributed by atoms with Gasteiger partial charge < -0.3 is 87.9 Å². The zero-order valence-electron chi connectivity index (χ0n) is 48.8. The largest absolute Gasteiger partial charge is 0.501 e. The minimum absolute atomic E-state index is 0.00207. The SMILES string of the molecule is COc1ccc(/C=C\c2cc(OC)c(OC)c(OC)c2)cc1OS(=O)(=O)Oc1cc(C(=O)NCCOCCOCCOCCN=CC(CNC(=O)c2ccc(C(=O)CCS(=O)(=O)c3ccc(C)cc3)cc2)=NN)ccc1OC1O[C@H](CO)[C@H](O)[C@H](O)[C@H]1O. The molecule has 6 rings (SSSR count). The number of carbonyl (C=O) groups excluding carboxylic acids is 3. The van der Waals surface area contributed by atoms with E-state index >= 15 is 0 Å². The summed E-state index contributed by atoms with van der Waals surface area (Å²) in [6.45, 7) is 2.36. The van der Waals surface area contributed by atoms with Crippen molar-refractivity contribution >= 4 is 61.9 Å². The van der Waals surface area contributed by atoms with Crippen LogP contribution in [0.4, 0.5) is 0 Å². The van der Waals surface area contributed by atoms with Crippen LogP contribution in [0.5, 0.6) is 40.2 Å². The van der Waals surface area contributed by atoms with Crippen molar-refractivity contribution in [3.8, 4) is 40.2 Å². The summed E-state index contributed by atoms with van der Waals surface area (Å²) in [5.41, 5.74) is 2.68. The molecule has 1 fully saturated rings. The topological polar surface area (TPSA) is 377 Å². The Labute approximate surface area is 508 Å². The van der Waals surface area contributed by atoms with Crippen LogP contribution in [0.3, 0.4) is 0 Å². The van der Waals surface area contributed by atoms with Crippen LogP contribution in [0.1, 0.15) is 54.2 Å². The Morgan fingerprint density at radius 2 is 1.19 bits per heavy atom. The average molecular weight is 1270 g/mol. The van der Waals surface area contributed by atoms with Gasteiger partial charge in [0.1, 0.15) is 24.4 Å². The molecule has 0 aliphatic carbocycles. The van der Waals surface area contributed by atoms with Gasteiger partial charge in [0.25, 0.3) is 11.8 Å². The van der Waals surface area contributed by atoms with Crippen LogP contribution in [0.2, 0.25) is 0 Å². The van der Waals surface area contributed by atoms with Gasteiger partial charge in [0.15, 0.2) is 50.1 Å². The standard InChI is InChI=1S/C59H71N5O22S2/c1-37-6-16-44(17-7-37)87(72,73)29-20-45(66)40-11-13-41(14-12-40)57(70)63-35-43(64-60)34-61-21-23-80-25-27-82-28-26-81-24-22-62-58(71)42-15-19-47(83-59-55(69)54(68)53(67)52(36-65)84-59)49(33-42)86-88(74,75)85-48-30-38(10-18-46(48)76-2)8-9-39-31-50(77-3)56(79-5)51(32-39)78-4/h6-19,30-34,52-55,59,65,67-69H,20-29,35-36,60H2,1-5H3,(H,62,71)(H,63,70)/b9-8-,61-34?,64-43?/t52-,53+,54+,55-,59?/m1/s1. The third-order valence-corrected chi connectivity index (χ3v) is 15.4. The van der Waals surface area contributed by atoms with Gasteiger partial charge in [-0.3, -0.25) is 19.4 Å². The number of aliphatic imine (C=N–C) groups is 1. The fraction of sp³-hybridized carbons (Fsp3) is 0.373. The number of rotatable bonds is 35. The summed E-state index contributed by atoms with van der Waals surface area (Å²) < 4.78 is 113. The van der Waals surface area contributed by atoms with Crippen molar-refractivity contribution in [1.29, 1.82) is 0 Å². The van der Waals surface area contributed by atoms with Gasteiger partial charge in [-0.25, -0.2) is 8.42 Å². The molecule has 0 saturated carbocycles. The minimum Gasteiger partial charge on any atom is -0.493 e. The van der Waals surface area contributed by atoms with Crippen molar-refractivity contribution < 1.29 is 103 Å². The lowest BCUT2D eigenvalue weighted by Gasteiger charge is -2.39. The third kappa shape index (κ3) is 20.2. The second-order valence-electron chi connectivity index (χ2n) is 19.1. The lowest BCUT2D eigenvalue weighted by molar-refractivity contribution is -0.277. The van der Waals surface area contributed by atoms with Gasteiger partial charge in [-0.2, -0.15) is 5.10 Å². The number of hydrazone groups is 1. The predicted molar refractivity (Wildman–Crippen MR) is 320 cm³/mol. The highest BCUT2D eigenvalue weighted by molar-refractivity contribution is 7.91. The molecular formula is C59H71N5O22S2. The minimum atomic E-state index is -5.12. The number of nitrogens with two attached hydrogens (primary N) is 1. The number of nitrogens with zero attached hydrogens (tertiary/aromatic N) is 2. The number of benzene rings is 5. The van der Waals surface area contributed by atoms with Gasteiger partial charge in [-0.1, -0.05) is 48.0 Å². The molecule has 0 radical (unpaired) electrons. The molecule has 1 saturated heterocycles. The van der Waals surface area contributed by atoms with Gasteiger partial charge in [-0.05, 0) is 84.8 Å². The quantitative estimate of drug-likeness (QED) is 0.00765. The number of sulfone groups is 1. The van der Waals surface area contributed by atoms with Crippen LogP contribution in [-0.2, 0) is 39.2 Å². The maximum Gasteiger partial charge on any atom is 0.501 e. The van der Waals surface area contributed by atoms with E-state index < -0.39 is 80.9 Å². The smallest absolute Gasteiger partial charge is 0.493 e. The van der Waals surface area contributed by atoms with E-state index in [1.54, 1.807) is 42.5 Å². The molecule has 29 heteroatoms. The maximum atomic E-state index is 13.7. The number of Topliss-reactive ketones (excluding diaryl/α,β-unsaturated/α-hetero) is 1. The summed E-state index contributed by atoms with van der Waals surface area (Å²) in [4.78, 5) is 43.2. The second kappa shape index (κ2) is 33.8. The van der Waals surface area contributed by atoms with E-state index in [1.165, 1.54) is 89.3 Å². The number of aliphatic hydroxyl groups excluding tert-OH is 4. The van der Waals surface area contributed by atoms with Crippen molar-refractivity contribution in [2.45, 2.75) is 48.9 Å². The Morgan fingerprint density at radius 3 is 1.82 bits per heavy atom. The Hall–Kier alpha value is -8.23. The van der Waals surface area contributed by atoms with E-state index in [-0.39, 0.29) is 116 Å². The van der Waals surface area contributed by atoms with Gasteiger partial charge in [0.2, 0.25) is 12.0 Å². The molecule has 1 unspecified atom stereocenters. The summed E-state index contributed by atoms with van der Waals surface area (Å²) in [7, 11) is -3.07. The predicted octanol–water partition coefficient (Wildman–Crippen LogP) is 2.72. The normalized spacial score (nSPS) is 17.1. The number of hydrogen-bond donors (Lipinski definition) is 7. The molecule has 5 aromatic carbocycles. The molecule has 1 heterocycles. The molecule has 2 amide bonds. The number of aliphatic hydroxyl groups is 4. The zero-order valence-corrected chi connectivity index (χ0v) is 50.4. The third-order valence-electron chi connectivity index (χ3n) is 12.9. The second-order valence-corrected chi connectivity index (χ2v) is 22.3. The molecule has 27 nitrogen and oxygen atoms in total. The number of methoxy groups -OCH3 is 4. The molecule has 0 aromatic heterocycles. The van der Waals surface area contributed by atoms with Crippen molar-refractivity contribution in [1.82, 2.24) is 10.6 Å². The van der Waals surface area contributed by atoms with Crippen LogP contribution < -0.4 is 48.5 Å². The van der Waals surface area contributed by atoms with Crippen LogP contribution in [0.15, 0.2) is 112 Å². The lowest BCUT2D eigenvalue weighted by Crippen LogP contribution is -2.60.